The van der Waals surface area contributed by atoms with Crippen molar-refractivity contribution >= 4 is 16.1 Å². The van der Waals surface area contributed by atoms with Crippen molar-refractivity contribution in [2.75, 3.05) is 6.54 Å². The number of nitrogens with zero attached hydrogens (tertiary/aromatic N) is 2. The fraction of sp³-hybridized carbons (Fsp3) is 0.158. The van der Waals surface area contributed by atoms with Crippen molar-refractivity contribution in [2.24, 2.45) is 0 Å². The van der Waals surface area contributed by atoms with E-state index in [2.05, 4.69) is 9.82 Å². The molecule has 2 heterocycles. The lowest BCUT2D eigenvalue weighted by atomic mass is 10.2. The minimum atomic E-state index is -3.62. The molecule has 0 spiro atoms. The Balaban J connectivity index is 1.62. The summed E-state index contributed by atoms with van der Waals surface area (Å²) < 4.78 is 33.0. The first-order chi connectivity index (χ1) is 12.9. The van der Waals surface area contributed by atoms with Crippen LogP contribution in [0.3, 0.4) is 0 Å². The lowest BCUT2D eigenvalue weighted by Gasteiger charge is -2.06. The Labute approximate surface area is 157 Å². The maximum absolute atomic E-state index is 12.1. The van der Waals surface area contributed by atoms with E-state index in [0.717, 1.165) is 16.5 Å². The van der Waals surface area contributed by atoms with E-state index in [1.807, 2.05) is 31.2 Å². The average molecular weight is 385 g/mol. The smallest absolute Gasteiger partial charge is 0.266 e. The van der Waals surface area contributed by atoms with E-state index in [-0.39, 0.29) is 18.6 Å². The second kappa shape index (κ2) is 8.15. The van der Waals surface area contributed by atoms with Crippen LogP contribution in [0, 0.1) is 6.92 Å². The second-order valence-corrected chi connectivity index (χ2v) is 7.56. The van der Waals surface area contributed by atoms with E-state index >= 15 is 0 Å². The molecule has 2 aromatic heterocycles. The molecule has 3 rings (SSSR count). The number of sulfonamides is 1. The van der Waals surface area contributed by atoms with Crippen molar-refractivity contribution in [2.45, 2.75) is 13.5 Å². The third-order valence-corrected chi connectivity index (χ3v) is 4.88. The average Bonchev–Trinajstić information content (AvgIpc) is 3.17. The van der Waals surface area contributed by atoms with E-state index in [9.17, 15) is 13.2 Å². The monoisotopic (exact) mass is 385 g/mol. The van der Waals surface area contributed by atoms with Crippen molar-refractivity contribution in [3.63, 3.8) is 0 Å². The van der Waals surface area contributed by atoms with E-state index in [4.69, 9.17) is 4.42 Å². The number of hydrogen-bond acceptors (Lipinski definition) is 5. The van der Waals surface area contributed by atoms with E-state index in [0.29, 0.717) is 11.5 Å². The molecular formula is C19H19N3O4S. The molecule has 0 bridgehead atoms. The summed E-state index contributed by atoms with van der Waals surface area (Å²) in [6.45, 7) is 2.10. The number of rotatable bonds is 7. The van der Waals surface area contributed by atoms with Crippen LogP contribution in [-0.4, -0.2) is 24.7 Å². The Morgan fingerprint density at radius 1 is 1.15 bits per heavy atom. The van der Waals surface area contributed by atoms with Crippen LogP contribution in [-0.2, 0) is 16.6 Å². The summed E-state index contributed by atoms with van der Waals surface area (Å²) in [5, 5.41) is 5.30. The molecule has 1 N–H and O–H groups in total. The first kappa shape index (κ1) is 18.8. The highest BCUT2D eigenvalue weighted by Crippen LogP contribution is 2.14. The zero-order valence-corrected chi connectivity index (χ0v) is 15.5. The van der Waals surface area contributed by atoms with Crippen LogP contribution < -0.4 is 10.3 Å². The van der Waals surface area contributed by atoms with E-state index < -0.39 is 10.0 Å². The fourth-order valence-electron chi connectivity index (χ4n) is 2.35. The molecule has 0 unspecified atom stereocenters. The van der Waals surface area contributed by atoms with Crippen LogP contribution in [0.1, 0.15) is 11.1 Å². The van der Waals surface area contributed by atoms with Gasteiger partial charge in [0.25, 0.3) is 5.56 Å². The Morgan fingerprint density at radius 2 is 1.93 bits per heavy atom. The lowest BCUT2D eigenvalue weighted by molar-refractivity contribution is 0.543. The molecular weight excluding hydrogens is 366 g/mol. The molecule has 8 heteroatoms. The van der Waals surface area contributed by atoms with Gasteiger partial charge in [-0.25, -0.2) is 17.8 Å². The predicted octanol–water partition coefficient (Wildman–Crippen LogP) is 2.40. The van der Waals surface area contributed by atoms with Crippen LogP contribution in [0.5, 0.6) is 0 Å². The number of nitrogens with one attached hydrogen (secondary N) is 1. The van der Waals surface area contributed by atoms with Crippen molar-refractivity contribution in [1.29, 1.82) is 0 Å². The van der Waals surface area contributed by atoms with Gasteiger partial charge < -0.3 is 4.42 Å². The molecule has 0 aliphatic rings. The molecule has 1 aromatic carbocycles. The Morgan fingerprint density at radius 3 is 2.63 bits per heavy atom. The Kier molecular flexibility index (Phi) is 5.68. The molecule has 27 heavy (non-hydrogen) atoms. The van der Waals surface area contributed by atoms with Gasteiger partial charge in [0.1, 0.15) is 5.69 Å². The van der Waals surface area contributed by atoms with Gasteiger partial charge in [-0.05, 0) is 36.8 Å². The predicted molar refractivity (Wildman–Crippen MR) is 103 cm³/mol. The highest BCUT2D eigenvalue weighted by molar-refractivity contribution is 7.92. The molecule has 0 aliphatic heterocycles. The third kappa shape index (κ3) is 5.25. The molecule has 3 aromatic rings. The number of benzene rings is 1. The molecule has 0 saturated carbocycles. The van der Waals surface area contributed by atoms with E-state index in [1.54, 1.807) is 18.2 Å². The van der Waals surface area contributed by atoms with Gasteiger partial charge in [0, 0.05) is 18.0 Å². The van der Waals surface area contributed by atoms with Gasteiger partial charge in [-0.2, -0.15) is 5.10 Å². The first-order valence-corrected chi connectivity index (χ1v) is 9.84. The minimum absolute atomic E-state index is 0.0368. The molecule has 0 radical (unpaired) electrons. The summed E-state index contributed by atoms with van der Waals surface area (Å²) in [5.74, 6) is 0.533. The van der Waals surface area contributed by atoms with Gasteiger partial charge in [-0.15, -0.1) is 0 Å². The van der Waals surface area contributed by atoms with Crippen LogP contribution in [0.25, 0.3) is 17.5 Å². The molecule has 0 saturated heterocycles. The SMILES string of the molecule is Cc1ccc(/C=C/S(=O)(=O)NCCn2nc(-c3ccco3)ccc2=O)cc1. The van der Waals surface area contributed by atoms with Gasteiger partial charge in [0.05, 0.1) is 12.8 Å². The van der Waals surface area contributed by atoms with Gasteiger partial charge in [0.15, 0.2) is 5.76 Å². The van der Waals surface area contributed by atoms with Crippen LogP contribution in [0.2, 0.25) is 0 Å². The van der Waals surface area contributed by atoms with Crippen LogP contribution >= 0.6 is 0 Å². The standard InChI is InChI=1S/C19H19N3O4S/c1-15-4-6-16(7-5-15)10-14-27(24,25)20-11-12-22-19(23)9-8-17(21-22)18-3-2-13-26-18/h2-10,13-14,20H,11-12H2,1H3/b14-10+. The third-order valence-electron chi connectivity index (χ3n) is 3.78. The van der Waals surface area contributed by atoms with E-state index in [1.165, 1.54) is 23.1 Å². The molecule has 0 amide bonds. The summed E-state index contributed by atoms with van der Waals surface area (Å²) in [5.41, 5.74) is 2.07. The highest BCUT2D eigenvalue weighted by atomic mass is 32.2. The van der Waals surface area contributed by atoms with Crippen LogP contribution in [0.4, 0.5) is 0 Å². The molecule has 0 fully saturated rings. The molecule has 140 valence electrons. The van der Waals surface area contributed by atoms with Crippen molar-refractivity contribution in [3.8, 4) is 11.5 Å². The van der Waals surface area contributed by atoms with Crippen molar-refractivity contribution in [1.82, 2.24) is 14.5 Å². The summed E-state index contributed by atoms with van der Waals surface area (Å²) in [7, 11) is -3.62. The maximum Gasteiger partial charge on any atom is 0.266 e. The largest absolute Gasteiger partial charge is 0.463 e. The fourth-order valence-corrected chi connectivity index (χ4v) is 3.16. The number of aromatic nitrogens is 2. The summed E-state index contributed by atoms with van der Waals surface area (Å²) in [4.78, 5) is 11.9. The lowest BCUT2D eigenvalue weighted by Crippen LogP contribution is -2.31. The van der Waals surface area contributed by atoms with Gasteiger partial charge >= 0.3 is 0 Å². The summed E-state index contributed by atoms with van der Waals surface area (Å²) in [6.07, 6.45) is 3.03. The first-order valence-electron chi connectivity index (χ1n) is 8.29. The van der Waals surface area contributed by atoms with Gasteiger partial charge in [-0.3, -0.25) is 4.79 Å². The zero-order valence-electron chi connectivity index (χ0n) is 14.7. The summed E-state index contributed by atoms with van der Waals surface area (Å²) >= 11 is 0. The quantitative estimate of drug-likeness (QED) is 0.674. The van der Waals surface area contributed by atoms with Gasteiger partial charge in [-0.1, -0.05) is 29.8 Å². The Bertz CT molecular complexity index is 1080. The van der Waals surface area contributed by atoms with Crippen molar-refractivity contribution in [3.05, 3.63) is 81.7 Å². The maximum atomic E-state index is 12.1. The number of aryl methyl sites for hydroxylation is 1. The number of furan rings is 1. The normalized spacial score (nSPS) is 11.9. The topological polar surface area (TPSA) is 94.2 Å². The molecule has 0 atom stereocenters. The highest BCUT2D eigenvalue weighted by Gasteiger charge is 2.08. The number of hydrogen-bond donors (Lipinski definition) is 1. The minimum Gasteiger partial charge on any atom is -0.463 e. The summed E-state index contributed by atoms with van der Waals surface area (Å²) in [6, 6.07) is 13.9. The van der Waals surface area contributed by atoms with Gasteiger partial charge in [0.2, 0.25) is 10.0 Å². The zero-order chi connectivity index (χ0) is 19.3. The second-order valence-electron chi connectivity index (χ2n) is 5.91. The van der Waals surface area contributed by atoms with Crippen LogP contribution in [0.15, 0.2) is 69.4 Å². The molecule has 0 aliphatic carbocycles. The Hall–Kier alpha value is -2.97. The van der Waals surface area contributed by atoms with Crippen molar-refractivity contribution < 1.29 is 12.8 Å². The molecule has 7 nitrogen and oxygen atoms in total.